The molecule has 1 heterocycles. The zero-order chi connectivity index (χ0) is 8.27. The summed E-state index contributed by atoms with van der Waals surface area (Å²) in [6.07, 6.45) is -0.132. The summed E-state index contributed by atoms with van der Waals surface area (Å²) in [6, 6.07) is 0. The number of carbonyl (C=O) groups excluding carboxylic acids is 2. The lowest BCUT2D eigenvalue weighted by atomic mass is 10.3. The van der Waals surface area contributed by atoms with E-state index in [0.717, 1.165) is 0 Å². The van der Waals surface area contributed by atoms with Gasteiger partial charge in [0, 0.05) is 0 Å². The maximum absolute atomic E-state index is 10.7. The molecule has 2 amide bonds. The summed E-state index contributed by atoms with van der Waals surface area (Å²) in [6.45, 7) is 0.414. The molecule has 1 rings (SSSR count). The van der Waals surface area contributed by atoms with E-state index in [1.165, 1.54) is 0 Å². The number of hydrogen-bond donors (Lipinski definition) is 2. The van der Waals surface area contributed by atoms with Crippen LogP contribution in [0, 0.1) is 0 Å². The van der Waals surface area contributed by atoms with Crippen LogP contribution in [0.15, 0.2) is 4.99 Å². The largest absolute Gasteiger partial charge is 0.313 e. The van der Waals surface area contributed by atoms with Crippen LogP contribution < -0.4 is 10.6 Å². The first-order valence-corrected chi connectivity index (χ1v) is 3.27. The number of amidine groups is 1. The summed E-state index contributed by atoms with van der Waals surface area (Å²) in [7, 11) is 1.72. The third kappa shape index (κ3) is 2.12. The third-order valence-electron chi connectivity index (χ3n) is 1.20. The number of nitrogens with one attached hydrogen (secondary N) is 2. The van der Waals surface area contributed by atoms with Gasteiger partial charge < -0.3 is 10.6 Å². The topological polar surface area (TPSA) is 70.6 Å². The average molecular weight is 155 g/mol. The molecule has 0 atom stereocenters. The Bertz CT molecular complexity index is 222. The highest BCUT2D eigenvalue weighted by Gasteiger charge is 2.16. The number of hydrogen-bond acceptors (Lipinski definition) is 3. The van der Waals surface area contributed by atoms with Gasteiger partial charge in [-0.3, -0.25) is 9.59 Å². The smallest absolute Gasteiger partial charge is 0.256 e. The minimum absolute atomic E-state index is 0.132. The van der Waals surface area contributed by atoms with Crippen LogP contribution in [0.2, 0.25) is 0 Å². The summed E-state index contributed by atoms with van der Waals surface area (Å²) >= 11 is 0. The SMILES string of the molecule is CNCC1=NC(=O)CC(=O)N1. The van der Waals surface area contributed by atoms with E-state index in [-0.39, 0.29) is 18.2 Å². The Morgan fingerprint density at radius 3 is 2.91 bits per heavy atom. The Morgan fingerprint density at radius 1 is 1.64 bits per heavy atom. The Kier molecular flexibility index (Phi) is 2.32. The zero-order valence-electron chi connectivity index (χ0n) is 6.18. The molecule has 0 aromatic carbocycles. The second-order valence-electron chi connectivity index (χ2n) is 2.21. The molecular weight excluding hydrogens is 146 g/mol. The summed E-state index contributed by atoms with van der Waals surface area (Å²) in [5, 5.41) is 5.26. The fraction of sp³-hybridized carbons (Fsp3) is 0.500. The molecule has 0 saturated carbocycles. The van der Waals surface area contributed by atoms with Gasteiger partial charge in [0.25, 0.3) is 5.91 Å². The number of likely N-dealkylation sites (N-methyl/N-ethyl adjacent to an activating group) is 1. The van der Waals surface area contributed by atoms with E-state index in [2.05, 4.69) is 15.6 Å². The summed E-state index contributed by atoms with van der Waals surface area (Å²) < 4.78 is 0. The molecule has 0 saturated heterocycles. The van der Waals surface area contributed by atoms with E-state index in [9.17, 15) is 9.59 Å². The minimum Gasteiger partial charge on any atom is -0.313 e. The molecule has 1 aliphatic heterocycles. The average Bonchev–Trinajstić information content (AvgIpc) is 1.85. The van der Waals surface area contributed by atoms with Gasteiger partial charge in [0.1, 0.15) is 12.3 Å². The molecule has 2 N–H and O–H groups in total. The van der Waals surface area contributed by atoms with Crippen LogP contribution in [0.3, 0.4) is 0 Å². The van der Waals surface area contributed by atoms with Crippen LogP contribution in [0.25, 0.3) is 0 Å². The van der Waals surface area contributed by atoms with Crippen molar-refractivity contribution in [3.8, 4) is 0 Å². The Labute approximate surface area is 63.9 Å². The van der Waals surface area contributed by atoms with Crippen LogP contribution in [0.4, 0.5) is 0 Å². The Hall–Kier alpha value is -1.23. The number of nitrogens with zero attached hydrogens (tertiary/aromatic N) is 1. The fourth-order valence-electron chi connectivity index (χ4n) is 0.812. The molecule has 0 spiro atoms. The van der Waals surface area contributed by atoms with Crippen molar-refractivity contribution < 1.29 is 9.59 Å². The molecule has 11 heavy (non-hydrogen) atoms. The van der Waals surface area contributed by atoms with E-state index in [4.69, 9.17) is 0 Å². The van der Waals surface area contributed by atoms with E-state index in [1.54, 1.807) is 7.05 Å². The van der Waals surface area contributed by atoms with Gasteiger partial charge in [-0.1, -0.05) is 0 Å². The van der Waals surface area contributed by atoms with Crippen molar-refractivity contribution in [2.75, 3.05) is 13.6 Å². The second-order valence-corrected chi connectivity index (χ2v) is 2.21. The predicted octanol–water partition coefficient (Wildman–Crippen LogP) is -1.35. The maximum atomic E-state index is 10.7. The Morgan fingerprint density at radius 2 is 2.36 bits per heavy atom. The van der Waals surface area contributed by atoms with E-state index >= 15 is 0 Å². The minimum atomic E-state index is -0.376. The van der Waals surface area contributed by atoms with Gasteiger partial charge in [0.15, 0.2) is 0 Å². The van der Waals surface area contributed by atoms with Crippen LogP contribution in [-0.2, 0) is 9.59 Å². The zero-order valence-corrected chi connectivity index (χ0v) is 6.18. The highest BCUT2D eigenvalue weighted by molar-refractivity contribution is 6.14. The summed E-state index contributed by atoms with van der Waals surface area (Å²) in [5.41, 5.74) is 0. The molecule has 5 nitrogen and oxygen atoms in total. The maximum Gasteiger partial charge on any atom is 0.256 e. The molecule has 60 valence electrons. The normalized spacial score (nSPS) is 17.7. The van der Waals surface area contributed by atoms with Crippen LogP contribution in [-0.4, -0.2) is 31.2 Å². The number of carbonyl (C=O) groups is 2. The molecule has 0 fully saturated rings. The Balaban J connectivity index is 2.64. The molecule has 0 aromatic rings. The lowest BCUT2D eigenvalue weighted by molar-refractivity contribution is -0.127. The van der Waals surface area contributed by atoms with Crippen molar-refractivity contribution in [3.05, 3.63) is 0 Å². The van der Waals surface area contributed by atoms with Crippen LogP contribution in [0.5, 0.6) is 0 Å². The van der Waals surface area contributed by atoms with Crippen molar-refractivity contribution in [2.45, 2.75) is 6.42 Å². The van der Waals surface area contributed by atoms with Gasteiger partial charge in [-0.15, -0.1) is 0 Å². The van der Waals surface area contributed by atoms with Gasteiger partial charge in [-0.25, -0.2) is 0 Å². The highest BCUT2D eigenvalue weighted by atomic mass is 16.2. The standard InChI is InChI=1S/C6H9N3O2/c1-7-3-4-8-5(10)2-6(11)9-4/h7H,2-3H2,1H3,(H,8,9,10,11). The lowest BCUT2D eigenvalue weighted by Crippen LogP contribution is -2.41. The second kappa shape index (κ2) is 3.25. The van der Waals surface area contributed by atoms with E-state index < -0.39 is 0 Å². The molecule has 0 aliphatic carbocycles. The van der Waals surface area contributed by atoms with E-state index in [1.807, 2.05) is 0 Å². The summed E-state index contributed by atoms with van der Waals surface area (Å²) in [4.78, 5) is 25.0. The molecule has 0 aromatic heterocycles. The fourth-order valence-corrected chi connectivity index (χ4v) is 0.812. The van der Waals surface area contributed by atoms with Crippen molar-refractivity contribution >= 4 is 17.6 Å². The van der Waals surface area contributed by atoms with Gasteiger partial charge in [0.05, 0.1) is 6.54 Å². The highest BCUT2D eigenvalue weighted by Crippen LogP contribution is 1.92. The third-order valence-corrected chi connectivity index (χ3v) is 1.20. The van der Waals surface area contributed by atoms with E-state index in [0.29, 0.717) is 12.4 Å². The van der Waals surface area contributed by atoms with Crippen LogP contribution >= 0.6 is 0 Å². The first-order valence-electron chi connectivity index (χ1n) is 3.27. The van der Waals surface area contributed by atoms with Crippen molar-refractivity contribution in [2.24, 2.45) is 4.99 Å². The predicted molar refractivity (Wildman–Crippen MR) is 39.1 cm³/mol. The van der Waals surface area contributed by atoms with Crippen molar-refractivity contribution in [1.29, 1.82) is 0 Å². The molecule has 0 unspecified atom stereocenters. The molecule has 0 radical (unpaired) electrons. The molecule has 0 bridgehead atoms. The number of rotatable bonds is 2. The quantitative estimate of drug-likeness (QED) is 0.484. The van der Waals surface area contributed by atoms with Gasteiger partial charge in [-0.2, -0.15) is 4.99 Å². The van der Waals surface area contributed by atoms with Crippen molar-refractivity contribution in [1.82, 2.24) is 10.6 Å². The van der Waals surface area contributed by atoms with Crippen molar-refractivity contribution in [3.63, 3.8) is 0 Å². The van der Waals surface area contributed by atoms with Gasteiger partial charge >= 0.3 is 0 Å². The first kappa shape index (κ1) is 7.87. The monoisotopic (exact) mass is 155 g/mol. The lowest BCUT2D eigenvalue weighted by Gasteiger charge is -2.10. The number of amides is 2. The summed E-state index contributed by atoms with van der Waals surface area (Å²) in [5.74, 6) is -0.261. The molecule has 5 heteroatoms. The molecular formula is C6H9N3O2. The van der Waals surface area contributed by atoms with Gasteiger partial charge in [-0.05, 0) is 7.05 Å². The van der Waals surface area contributed by atoms with Gasteiger partial charge in [0.2, 0.25) is 5.91 Å². The number of aliphatic imine (C=N–C) groups is 1. The molecule has 1 aliphatic rings. The first-order chi connectivity index (χ1) is 5.22. The van der Waals surface area contributed by atoms with Crippen LogP contribution in [0.1, 0.15) is 6.42 Å².